The average molecular weight is 435 g/mol. The molecule has 2 heterocycles. The maximum Gasteiger partial charge on any atom is 0.573 e. The number of rotatable bonds is 4. The first-order valence-corrected chi connectivity index (χ1v) is 9.64. The summed E-state index contributed by atoms with van der Waals surface area (Å²) in [6.45, 7) is 2.91. The standard InChI is InChI=1S/C21H18ClF3N4O/c1-13-26-19(28-17-4-2-3-16(22)10-17)11-20(27-13)29-8-7-14-5-6-18(9-15(14)12-29)30-21(23,24)25/h2-6,9-11H,7-8,12H2,1H3,(H,26,27,28). The van der Waals surface area contributed by atoms with Crippen molar-refractivity contribution in [2.45, 2.75) is 26.3 Å². The van der Waals surface area contributed by atoms with Crippen LogP contribution in [0.2, 0.25) is 5.02 Å². The van der Waals surface area contributed by atoms with Crippen LogP contribution in [0.1, 0.15) is 17.0 Å². The third-order valence-corrected chi connectivity index (χ3v) is 4.90. The van der Waals surface area contributed by atoms with Crippen molar-refractivity contribution in [2.24, 2.45) is 0 Å². The van der Waals surface area contributed by atoms with E-state index in [1.807, 2.05) is 23.1 Å². The van der Waals surface area contributed by atoms with Crippen LogP contribution >= 0.6 is 11.6 Å². The molecule has 0 bridgehead atoms. The van der Waals surface area contributed by atoms with Crippen LogP contribution in [0.15, 0.2) is 48.5 Å². The summed E-state index contributed by atoms with van der Waals surface area (Å²) in [6.07, 6.45) is -4.02. The summed E-state index contributed by atoms with van der Waals surface area (Å²) in [4.78, 5) is 10.9. The van der Waals surface area contributed by atoms with E-state index in [9.17, 15) is 13.2 Å². The van der Waals surface area contributed by atoms with Crippen molar-refractivity contribution >= 4 is 28.9 Å². The van der Waals surface area contributed by atoms with Gasteiger partial charge in [-0.1, -0.05) is 23.7 Å². The van der Waals surface area contributed by atoms with Crippen molar-refractivity contribution in [1.82, 2.24) is 9.97 Å². The summed E-state index contributed by atoms with van der Waals surface area (Å²) < 4.78 is 41.7. The van der Waals surface area contributed by atoms with Crippen molar-refractivity contribution in [1.29, 1.82) is 0 Å². The minimum Gasteiger partial charge on any atom is -0.406 e. The number of hydrogen-bond acceptors (Lipinski definition) is 5. The van der Waals surface area contributed by atoms with Crippen molar-refractivity contribution in [3.8, 4) is 5.75 Å². The number of halogens is 4. The van der Waals surface area contributed by atoms with E-state index < -0.39 is 6.36 Å². The first-order valence-electron chi connectivity index (χ1n) is 9.26. The lowest BCUT2D eigenvalue weighted by atomic mass is 9.99. The van der Waals surface area contributed by atoms with Crippen molar-refractivity contribution in [3.63, 3.8) is 0 Å². The second-order valence-corrected chi connectivity index (χ2v) is 7.38. The lowest BCUT2D eigenvalue weighted by Crippen LogP contribution is -2.31. The van der Waals surface area contributed by atoms with Gasteiger partial charge in [-0.2, -0.15) is 0 Å². The zero-order valence-electron chi connectivity index (χ0n) is 16.0. The Kier molecular flexibility index (Phi) is 5.42. The number of nitrogens with zero attached hydrogens (tertiary/aromatic N) is 3. The summed E-state index contributed by atoms with van der Waals surface area (Å²) in [6, 6.07) is 13.6. The Hall–Kier alpha value is -3.00. The van der Waals surface area contributed by atoms with Gasteiger partial charge in [-0.05, 0) is 54.8 Å². The monoisotopic (exact) mass is 434 g/mol. The second-order valence-electron chi connectivity index (χ2n) is 6.94. The molecular formula is C21H18ClF3N4O. The Morgan fingerprint density at radius 1 is 1.07 bits per heavy atom. The van der Waals surface area contributed by atoms with Gasteiger partial charge in [0.1, 0.15) is 23.2 Å². The zero-order chi connectivity index (χ0) is 21.3. The van der Waals surface area contributed by atoms with Crippen LogP contribution in [0.5, 0.6) is 5.75 Å². The highest BCUT2D eigenvalue weighted by molar-refractivity contribution is 6.30. The van der Waals surface area contributed by atoms with E-state index in [1.165, 1.54) is 12.1 Å². The minimum atomic E-state index is -4.72. The molecule has 0 unspecified atom stereocenters. The van der Waals surface area contributed by atoms with Crippen LogP contribution in [-0.4, -0.2) is 22.9 Å². The maximum absolute atomic E-state index is 12.5. The molecule has 1 N–H and O–H groups in total. The van der Waals surface area contributed by atoms with Crippen LogP contribution in [0.25, 0.3) is 0 Å². The van der Waals surface area contributed by atoms with Gasteiger partial charge in [-0.3, -0.25) is 0 Å². The summed E-state index contributed by atoms with van der Waals surface area (Å²) in [5.74, 6) is 1.67. The number of aryl methyl sites for hydroxylation is 1. The van der Waals surface area contributed by atoms with E-state index in [4.69, 9.17) is 11.6 Å². The first kappa shape index (κ1) is 20.3. The lowest BCUT2D eigenvalue weighted by molar-refractivity contribution is -0.274. The second kappa shape index (κ2) is 8.02. The number of hydrogen-bond donors (Lipinski definition) is 1. The van der Waals surface area contributed by atoms with Gasteiger partial charge in [-0.15, -0.1) is 13.2 Å². The van der Waals surface area contributed by atoms with Gasteiger partial charge in [0.2, 0.25) is 0 Å². The van der Waals surface area contributed by atoms with E-state index in [2.05, 4.69) is 20.0 Å². The van der Waals surface area contributed by atoms with E-state index in [1.54, 1.807) is 25.1 Å². The highest BCUT2D eigenvalue weighted by Crippen LogP contribution is 2.30. The Bertz CT molecular complexity index is 1070. The van der Waals surface area contributed by atoms with Gasteiger partial charge in [0.25, 0.3) is 0 Å². The third-order valence-electron chi connectivity index (χ3n) is 4.67. The third kappa shape index (κ3) is 4.94. The number of fused-ring (bicyclic) bond motifs is 1. The van der Waals surface area contributed by atoms with E-state index in [0.717, 1.165) is 16.8 Å². The number of benzene rings is 2. The van der Waals surface area contributed by atoms with Crippen molar-refractivity contribution in [2.75, 3.05) is 16.8 Å². The number of alkyl halides is 3. The number of nitrogens with one attached hydrogen (secondary N) is 1. The molecule has 5 nitrogen and oxygen atoms in total. The molecule has 0 atom stereocenters. The zero-order valence-corrected chi connectivity index (χ0v) is 16.8. The van der Waals surface area contributed by atoms with Gasteiger partial charge >= 0.3 is 6.36 Å². The van der Waals surface area contributed by atoms with Crippen molar-refractivity contribution < 1.29 is 17.9 Å². The molecule has 0 saturated heterocycles. The molecule has 4 rings (SSSR count). The van der Waals surface area contributed by atoms with Crippen LogP contribution in [0, 0.1) is 6.92 Å². The molecule has 0 saturated carbocycles. The van der Waals surface area contributed by atoms with Crippen LogP contribution in [0.4, 0.5) is 30.5 Å². The smallest absolute Gasteiger partial charge is 0.406 e. The summed E-state index contributed by atoms with van der Waals surface area (Å²) in [5, 5.41) is 3.82. The number of aromatic nitrogens is 2. The molecule has 0 aliphatic carbocycles. The molecule has 30 heavy (non-hydrogen) atoms. The van der Waals surface area contributed by atoms with Gasteiger partial charge in [-0.25, -0.2) is 9.97 Å². The quantitative estimate of drug-likeness (QED) is 0.575. The largest absolute Gasteiger partial charge is 0.573 e. The minimum absolute atomic E-state index is 0.217. The van der Waals surface area contributed by atoms with Crippen LogP contribution < -0.4 is 15.0 Å². The lowest BCUT2D eigenvalue weighted by Gasteiger charge is -2.30. The molecule has 156 valence electrons. The van der Waals surface area contributed by atoms with Gasteiger partial charge < -0.3 is 15.0 Å². The van der Waals surface area contributed by atoms with Gasteiger partial charge in [0, 0.05) is 29.9 Å². The predicted octanol–water partition coefficient (Wildman–Crippen LogP) is 5.64. The Morgan fingerprint density at radius 2 is 1.90 bits per heavy atom. The molecule has 9 heteroatoms. The van der Waals surface area contributed by atoms with E-state index in [-0.39, 0.29) is 5.75 Å². The fourth-order valence-corrected chi connectivity index (χ4v) is 3.61. The highest BCUT2D eigenvalue weighted by Gasteiger charge is 2.31. The molecule has 2 aromatic carbocycles. The molecule has 0 amide bonds. The van der Waals surface area contributed by atoms with Gasteiger partial charge in [0.15, 0.2) is 0 Å². The van der Waals surface area contributed by atoms with Gasteiger partial charge in [0.05, 0.1) is 0 Å². The Balaban J connectivity index is 1.56. The predicted molar refractivity (Wildman–Crippen MR) is 109 cm³/mol. The van der Waals surface area contributed by atoms with Crippen LogP contribution in [0.3, 0.4) is 0 Å². The highest BCUT2D eigenvalue weighted by atomic mass is 35.5. The van der Waals surface area contributed by atoms with Crippen LogP contribution in [-0.2, 0) is 13.0 Å². The molecular weight excluding hydrogens is 417 g/mol. The fourth-order valence-electron chi connectivity index (χ4n) is 3.42. The molecule has 0 fully saturated rings. The SMILES string of the molecule is Cc1nc(Nc2cccc(Cl)c2)cc(N2CCc3ccc(OC(F)(F)F)cc3C2)n1. The summed E-state index contributed by atoms with van der Waals surface area (Å²) in [5.41, 5.74) is 2.58. The number of ether oxygens (including phenoxy) is 1. The Morgan fingerprint density at radius 3 is 2.67 bits per heavy atom. The number of anilines is 3. The summed E-state index contributed by atoms with van der Waals surface area (Å²) >= 11 is 6.03. The molecule has 1 aromatic heterocycles. The summed E-state index contributed by atoms with van der Waals surface area (Å²) in [7, 11) is 0. The van der Waals surface area contributed by atoms with Crippen molar-refractivity contribution in [3.05, 3.63) is 70.5 Å². The molecule has 0 spiro atoms. The molecule has 3 aromatic rings. The first-order chi connectivity index (χ1) is 14.2. The normalized spacial score (nSPS) is 13.7. The maximum atomic E-state index is 12.5. The van der Waals surface area contributed by atoms with E-state index in [0.29, 0.717) is 42.0 Å². The molecule has 1 aliphatic rings. The topological polar surface area (TPSA) is 50.3 Å². The molecule has 1 aliphatic heterocycles. The Labute approximate surface area is 176 Å². The fraction of sp³-hybridized carbons (Fsp3) is 0.238. The average Bonchev–Trinajstić information content (AvgIpc) is 2.65. The van der Waals surface area contributed by atoms with E-state index >= 15 is 0 Å². The molecule has 0 radical (unpaired) electrons.